The summed E-state index contributed by atoms with van der Waals surface area (Å²) in [4.78, 5) is 0. The van der Waals surface area contributed by atoms with Gasteiger partial charge in [-0.1, -0.05) is 46.8 Å². The lowest BCUT2D eigenvalue weighted by atomic mass is 9.71. The summed E-state index contributed by atoms with van der Waals surface area (Å²) >= 11 is 0. The average molecular weight is 266 g/mol. The van der Waals surface area contributed by atoms with Gasteiger partial charge in [-0.2, -0.15) is 0 Å². The van der Waals surface area contributed by atoms with Gasteiger partial charge < -0.3 is 0 Å². The maximum Gasteiger partial charge on any atom is 0.123 e. The van der Waals surface area contributed by atoms with Crippen LogP contribution in [0.25, 0.3) is 0 Å². The van der Waals surface area contributed by atoms with E-state index in [9.17, 15) is 4.39 Å². The zero-order chi connectivity index (χ0) is 14.6. The molecular weight excluding hydrogens is 239 g/mol. The Labute approximate surface area is 116 Å². The van der Waals surface area contributed by atoms with Crippen LogP contribution in [0, 0.1) is 17.7 Å². The zero-order valence-electron chi connectivity index (χ0n) is 12.7. The first-order valence-corrected chi connectivity index (χ1v) is 7.01. The molecule has 1 aromatic carbocycles. The molecule has 108 valence electrons. The van der Waals surface area contributed by atoms with Crippen molar-refractivity contribution in [3.05, 3.63) is 35.6 Å². The fourth-order valence-corrected chi connectivity index (χ4v) is 3.02. The summed E-state index contributed by atoms with van der Waals surface area (Å²) in [6, 6.07) is 6.87. The highest BCUT2D eigenvalue weighted by molar-refractivity contribution is 5.26. The zero-order valence-corrected chi connectivity index (χ0v) is 12.7. The number of hydrazine groups is 1. The quantitative estimate of drug-likeness (QED) is 0.609. The predicted octanol–water partition coefficient (Wildman–Crippen LogP) is 3.62. The minimum absolute atomic E-state index is 0.142. The Morgan fingerprint density at radius 1 is 1.16 bits per heavy atom. The monoisotopic (exact) mass is 266 g/mol. The molecule has 0 fully saturated rings. The summed E-state index contributed by atoms with van der Waals surface area (Å²) in [5.74, 6) is 6.66. The Balaban J connectivity index is 2.97. The summed E-state index contributed by atoms with van der Waals surface area (Å²) in [5, 5.41) is 0. The number of nitrogens with two attached hydrogens (primary N) is 1. The van der Waals surface area contributed by atoms with Gasteiger partial charge in [0.1, 0.15) is 5.82 Å². The van der Waals surface area contributed by atoms with Gasteiger partial charge in [-0.25, -0.2) is 4.39 Å². The molecule has 0 saturated heterocycles. The number of hydrogen-bond acceptors (Lipinski definition) is 2. The first-order chi connectivity index (χ1) is 8.78. The van der Waals surface area contributed by atoms with Crippen molar-refractivity contribution < 1.29 is 4.39 Å². The van der Waals surface area contributed by atoms with Crippen molar-refractivity contribution in [3.63, 3.8) is 0 Å². The van der Waals surface area contributed by atoms with E-state index in [1.165, 1.54) is 12.1 Å². The van der Waals surface area contributed by atoms with E-state index in [1.54, 1.807) is 0 Å². The van der Waals surface area contributed by atoms with Crippen LogP contribution in [0.5, 0.6) is 0 Å². The van der Waals surface area contributed by atoms with E-state index in [0.29, 0.717) is 11.8 Å². The molecule has 1 rings (SSSR count). The van der Waals surface area contributed by atoms with Gasteiger partial charge in [0.25, 0.3) is 0 Å². The van der Waals surface area contributed by atoms with E-state index >= 15 is 0 Å². The molecule has 2 atom stereocenters. The third-order valence-electron chi connectivity index (χ3n) is 3.96. The molecule has 19 heavy (non-hydrogen) atoms. The Morgan fingerprint density at radius 3 is 2.11 bits per heavy atom. The predicted molar refractivity (Wildman–Crippen MR) is 79.2 cm³/mol. The van der Waals surface area contributed by atoms with E-state index < -0.39 is 0 Å². The van der Waals surface area contributed by atoms with Gasteiger partial charge >= 0.3 is 0 Å². The van der Waals surface area contributed by atoms with Crippen LogP contribution in [0.2, 0.25) is 0 Å². The summed E-state index contributed by atoms with van der Waals surface area (Å²) in [7, 11) is 0. The van der Waals surface area contributed by atoms with E-state index in [4.69, 9.17) is 5.84 Å². The Kier molecular flexibility index (Phi) is 5.50. The second-order valence-electron chi connectivity index (χ2n) is 6.48. The summed E-state index contributed by atoms with van der Waals surface area (Å²) < 4.78 is 13.0. The first kappa shape index (κ1) is 16.1. The maximum atomic E-state index is 13.0. The van der Waals surface area contributed by atoms with Crippen LogP contribution < -0.4 is 11.3 Å². The van der Waals surface area contributed by atoms with Crippen molar-refractivity contribution in [2.24, 2.45) is 17.7 Å². The number of nitrogens with one attached hydrogen (secondary N) is 1. The number of rotatable bonds is 6. The van der Waals surface area contributed by atoms with Gasteiger partial charge in [-0.3, -0.25) is 11.3 Å². The molecule has 0 spiro atoms. The summed E-state index contributed by atoms with van der Waals surface area (Å²) in [6.07, 6.45) is 1.11. The smallest absolute Gasteiger partial charge is 0.123 e. The van der Waals surface area contributed by atoms with Crippen molar-refractivity contribution in [2.45, 2.75) is 52.5 Å². The Hall–Kier alpha value is -0.930. The van der Waals surface area contributed by atoms with Crippen LogP contribution >= 0.6 is 0 Å². The second kappa shape index (κ2) is 6.49. The van der Waals surface area contributed by atoms with E-state index in [1.807, 2.05) is 12.1 Å². The minimum atomic E-state index is -0.202. The third kappa shape index (κ3) is 4.02. The molecule has 3 N–H and O–H groups in total. The molecule has 0 aromatic heterocycles. The number of benzene rings is 1. The van der Waals surface area contributed by atoms with Crippen LogP contribution in [0.4, 0.5) is 4.39 Å². The number of halogens is 1. The highest BCUT2D eigenvalue weighted by atomic mass is 19.1. The molecule has 2 nitrogen and oxygen atoms in total. The van der Waals surface area contributed by atoms with Gasteiger partial charge in [0.05, 0.1) is 0 Å². The Bertz CT molecular complexity index is 384. The fraction of sp³-hybridized carbons (Fsp3) is 0.625. The van der Waals surface area contributed by atoms with Crippen LogP contribution in [0.3, 0.4) is 0 Å². The summed E-state index contributed by atoms with van der Waals surface area (Å²) in [5.41, 5.74) is 3.93. The van der Waals surface area contributed by atoms with Crippen LogP contribution in [-0.2, 0) is 5.41 Å². The molecule has 0 amide bonds. The van der Waals surface area contributed by atoms with Crippen LogP contribution in [0.1, 0.15) is 46.6 Å². The topological polar surface area (TPSA) is 38.0 Å². The molecule has 3 heteroatoms. The molecule has 0 bridgehead atoms. The lowest BCUT2D eigenvalue weighted by Gasteiger charge is -2.39. The molecule has 0 radical (unpaired) electrons. The maximum absolute atomic E-state index is 13.0. The molecule has 0 heterocycles. The Morgan fingerprint density at radius 2 is 1.68 bits per heavy atom. The average Bonchev–Trinajstić information content (AvgIpc) is 2.28. The lowest BCUT2D eigenvalue weighted by molar-refractivity contribution is 0.233. The van der Waals surface area contributed by atoms with Crippen molar-refractivity contribution in [1.29, 1.82) is 0 Å². The SMILES string of the molecule is CC(C)CC(C)C(NN)C(C)(C)c1ccc(F)cc1. The molecule has 0 saturated carbocycles. The highest BCUT2D eigenvalue weighted by Crippen LogP contribution is 2.33. The van der Waals surface area contributed by atoms with Crippen molar-refractivity contribution >= 4 is 0 Å². The third-order valence-corrected chi connectivity index (χ3v) is 3.96. The van der Waals surface area contributed by atoms with E-state index in [2.05, 4.69) is 40.0 Å². The van der Waals surface area contributed by atoms with Crippen molar-refractivity contribution in [1.82, 2.24) is 5.43 Å². The fourth-order valence-electron chi connectivity index (χ4n) is 3.02. The van der Waals surface area contributed by atoms with Crippen LogP contribution in [0.15, 0.2) is 24.3 Å². The van der Waals surface area contributed by atoms with E-state index in [-0.39, 0.29) is 17.3 Å². The molecule has 0 aliphatic carbocycles. The molecule has 1 aromatic rings. The van der Waals surface area contributed by atoms with Crippen molar-refractivity contribution in [2.75, 3.05) is 0 Å². The first-order valence-electron chi connectivity index (χ1n) is 7.01. The second-order valence-corrected chi connectivity index (χ2v) is 6.48. The van der Waals surface area contributed by atoms with Crippen molar-refractivity contribution in [3.8, 4) is 0 Å². The highest BCUT2D eigenvalue weighted by Gasteiger charge is 2.34. The molecule has 0 aliphatic heterocycles. The van der Waals surface area contributed by atoms with Crippen LogP contribution in [-0.4, -0.2) is 6.04 Å². The van der Waals surface area contributed by atoms with Gasteiger partial charge in [-0.15, -0.1) is 0 Å². The normalized spacial score (nSPS) is 15.6. The largest absolute Gasteiger partial charge is 0.271 e. The minimum Gasteiger partial charge on any atom is -0.271 e. The van der Waals surface area contributed by atoms with E-state index in [0.717, 1.165) is 12.0 Å². The molecule has 2 unspecified atom stereocenters. The van der Waals surface area contributed by atoms with Gasteiger partial charge in [0, 0.05) is 11.5 Å². The standard InChI is InChI=1S/C16H27FN2/c1-11(2)10-12(3)15(19-18)16(4,5)13-6-8-14(17)9-7-13/h6-9,11-12,15,19H,10,18H2,1-5H3. The lowest BCUT2D eigenvalue weighted by Crippen LogP contribution is -2.52. The molecular formula is C16H27FN2. The molecule has 0 aliphatic rings. The van der Waals surface area contributed by atoms with Gasteiger partial charge in [0.15, 0.2) is 0 Å². The number of hydrogen-bond donors (Lipinski definition) is 2. The van der Waals surface area contributed by atoms with Gasteiger partial charge in [-0.05, 0) is 36.0 Å². The summed E-state index contributed by atoms with van der Waals surface area (Å²) in [6.45, 7) is 11.0. The van der Waals surface area contributed by atoms with Gasteiger partial charge in [0.2, 0.25) is 0 Å².